The molecule has 2 N–H and O–H groups in total. The van der Waals surface area contributed by atoms with Gasteiger partial charge in [-0.25, -0.2) is 0 Å². The second-order valence-corrected chi connectivity index (χ2v) is 7.24. The summed E-state index contributed by atoms with van der Waals surface area (Å²) < 4.78 is 0. The maximum absolute atomic E-state index is 12.7. The summed E-state index contributed by atoms with van der Waals surface area (Å²) in [6.07, 6.45) is 1.99. The van der Waals surface area contributed by atoms with Gasteiger partial charge in [0.15, 0.2) is 0 Å². The summed E-state index contributed by atoms with van der Waals surface area (Å²) in [6.45, 7) is 7.34. The number of carbonyl (C=O) groups excluding carboxylic acids is 1. The highest BCUT2D eigenvalue weighted by Crippen LogP contribution is 2.24. The Labute approximate surface area is 162 Å². The van der Waals surface area contributed by atoms with Gasteiger partial charge in [0.2, 0.25) is 5.91 Å². The summed E-state index contributed by atoms with van der Waals surface area (Å²) in [5.41, 5.74) is 9.74. The first-order chi connectivity index (χ1) is 13.0. The summed E-state index contributed by atoms with van der Waals surface area (Å²) >= 11 is 0. The van der Waals surface area contributed by atoms with Crippen molar-refractivity contribution in [3.8, 4) is 17.2 Å². The Morgan fingerprint density at radius 3 is 2.41 bits per heavy atom. The van der Waals surface area contributed by atoms with Crippen LogP contribution in [0.15, 0.2) is 48.5 Å². The zero-order valence-corrected chi connectivity index (χ0v) is 16.5. The topological polar surface area (TPSA) is 70.1 Å². The van der Waals surface area contributed by atoms with Crippen LogP contribution in [0, 0.1) is 17.2 Å². The first kappa shape index (κ1) is 20.7. The molecule has 0 bridgehead atoms. The molecule has 0 saturated carbocycles. The highest BCUT2D eigenvalue weighted by Gasteiger charge is 2.23. The Morgan fingerprint density at radius 2 is 1.81 bits per heavy atom. The van der Waals surface area contributed by atoms with Crippen molar-refractivity contribution in [2.24, 2.45) is 11.7 Å². The molecular weight excluding hydrogens is 334 g/mol. The van der Waals surface area contributed by atoms with Crippen molar-refractivity contribution < 1.29 is 4.79 Å². The molecule has 0 heterocycles. The molecule has 2 rings (SSSR count). The molecule has 0 spiro atoms. The molecule has 142 valence electrons. The van der Waals surface area contributed by atoms with E-state index in [1.54, 1.807) is 0 Å². The van der Waals surface area contributed by atoms with Gasteiger partial charge in [-0.15, -0.1) is 0 Å². The molecule has 1 amide bonds. The van der Waals surface area contributed by atoms with Crippen molar-refractivity contribution in [1.82, 2.24) is 4.90 Å². The molecule has 4 heteroatoms. The average Bonchev–Trinajstić information content (AvgIpc) is 2.70. The molecular formula is C23H29N3O. The summed E-state index contributed by atoms with van der Waals surface area (Å²) in [4.78, 5) is 14.6. The van der Waals surface area contributed by atoms with Crippen molar-refractivity contribution >= 4 is 5.91 Å². The van der Waals surface area contributed by atoms with Crippen molar-refractivity contribution in [3.63, 3.8) is 0 Å². The van der Waals surface area contributed by atoms with E-state index < -0.39 is 6.04 Å². The third-order valence-electron chi connectivity index (χ3n) is 4.78. The van der Waals surface area contributed by atoms with E-state index in [2.05, 4.69) is 13.0 Å². The molecule has 0 fully saturated rings. The standard InChI is InChI=1S/C23H29N3O/c1-4-5-14-26(23(27)22(25)17(2)3)16-18-10-12-19(13-11-18)21-9-7-6-8-20(21)15-24/h6-13,17,22H,4-5,14,16,25H2,1-3H3/t22-/m0/s1. The van der Waals surface area contributed by atoms with Gasteiger partial charge in [0.25, 0.3) is 0 Å². The number of rotatable bonds is 8. The lowest BCUT2D eigenvalue weighted by Crippen LogP contribution is -2.46. The Balaban J connectivity index is 2.19. The van der Waals surface area contributed by atoms with E-state index in [4.69, 9.17) is 5.73 Å². The van der Waals surface area contributed by atoms with E-state index in [1.807, 2.05) is 67.3 Å². The number of nitrogens with zero attached hydrogens (tertiary/aromatic N) is 2. The lowest BCUT2D eigenvalue weighted by Gasteiger charge is -2.27. The van der Waals surface area contributed by atoms with Gasteiger partial charge in [-0.1, -0.05) is 69.7 Å². The quantitative estimate of drug-likeness (QED) is 0.758. The van der Waals surface area contributed by atoms with E-state index in [-0.39, 0.29) is 11.8 Å². The van der Waals surface area contributed by atoms with E-state index in [0.29, 0.717) is 12.1 Å². The minimum Gasteiger partial charge on any atom is -0.337 e. The molecule has 0 saturated heterocycles. The van der Waals surface area contributed by atoms with E-state index >= 15 is 0 Å². The van der Waals surface area contributed by atoms with E-state index in [9.17, 15) is 10.1 Å². The van der Waals surface area contributed by atoms with Gasteiger partial charge in [-0.3, -0.25) is 4.79 Å². The van der Waals surface area contributed by atoms with Crippen LogP contribution in [0.25, 0.3) is 11.1 Å². The van der Waals surface area contributed by atoms with Crippen molar-refractivity contribution in [1.29, 1.82) is 5.26 Å². The molecule has 4 nitrogen and oxygen atoms in total. The third kappa shape index (κ3) is 5.42. The van der Waals surface area contributed by atoms with Crippen molar-refractivity contribution in [2.75, 3.05) is 6.54 Å². The van der Waals surface area contributed by atoms with Gasteiger partial charge in [0.1, 0.15) is 0 Å². The van der Waals surface area contributed by atoms with Crippen LogP contribution in [0.5, 0.6) is 0 Å². The lowest BCUT2D eigenvalue weighted by atomic mass is 9.99. The van der Waals surface area contributed by atoms with Crippen LogP contribution in [0.3, 0.4) is 0 Å². The van der Waals surface area contributed by atoms with Crippen LogP contribution in [-0.4, -0.2) is 23.4 Å². The summed E-state index contributed by atoms with van der Waals surface area (Å²) in [5.74, 6) is 0.129. The van der Waals surface area contributed by atoms with Gasteiger partial charge in [0.05, 0.1) is 17.7 Å². The zero-order chi connectivity index (χ0) is 19.8. The first-order valence-electron chi connectivity index (χ1n) is 9.60. The van der Waals surface area contributed by atoms with Crippen LogP contribution >= 0.6 is 0 Å². The molecule has 0 aromatic heterocycles. The summed E-state index contributed by atoms with van der Waals surface area (Å²) in [6, 6.07) is 17.4. The molecule has 27 heavy (non-hydrogen) atoms. The lowest BCUT2D eigenvalue weighted by molar-refractivity contribution is -0.134. The number of hydrogen-bond donors (Lipinski definition) is 1. The van der Waals surface area contributed by atoms with Crippen molar-refractivity contribution in [3.05, 3.63) is 59.7 Å². The molecule has 2 aromatic rings. The Morgan fingerprint density at radius 1 is 1.15 bits per heavy atom. The summed E-state index contributed by atoms with van der Waals surface area (Å²) in [5, 5.41) is 9.29. The number of nitriles is 1. The molecule has 2 aromatic carbocycles. The van der Waals surface area contributed by atoms with Crippen molar-refractivity contribution in [2.45, 2.75) is 46.2 Å². The monoisotopic (exact) mass is 363 g/mol. The molecule has 1 atom stereocenters. The van der Waals surface area contributed by atoms with E-state index in [0.717, 1.165) is 36.1 Å². The number of amides is 1. The fourth-order valence-corrected chi connectivity index (χ4v) is 2.95. The molecule has 0 aliphatic heterocycles. The SMILES string of the molecule is CCCCN(Cc1ccc(-c2ccccc2C#N)cc1)C(=O)[C@@H](N)C(C)C. The van der Waals surface area contributed by atoms with Gasteiger partial charge < -0.3 is 10.6 Å². The zero-order valence-electron chi connectivity index (χ0n) is 16.5. The van der Waals surface area contributed by atoms with Crippen LogP contribution in [0.4, 0.5) is 0 Å². The van der Waals surface area contributed by atoms with Gasteiger partial charge in [-0.05, 0) is 35.1 Å². The minimum atomic E-state index is -0.469. The second kappa shape index (κ2) is 9.89. The van der Waals surface area contributed by atoms with Crippen LogP contribution in [0.1, 0.15) is 44.7 Å². The fourth-order valence-electron chi connectivity index (χ4n) is 2.95. The fraction of sp³-hybridized carbons (Fsp3) is 0.391. The van der Waals surface area contributed by atoms with Crippen LogP contribution in [-0.2, 0) is 11.3 Å². The average molecular weight is 364 g/mol. The van der Waals surface area contributed by atoms with Gasteiger partial charge in [0, 0.05) is 13.1 Å². The van der Waals surface area contributed by atoms with Gasteiger partial charge >= 0.3 is 0 Å². The highest BCUT2D eigenvalue weighted by atomic mass is 16.2. The number of benzene rings is 2. The van der Waals surface area contributed by atoms with Crippen LogP contribution in [0.2, 0.25) is 0 Å². The molecule has 0 radical (unpaired) electrons. The number of unbranched alkanes of at least 4 members (excludes halogenated alkanes) is 1. The normalized spacial score (nSPS) is 11.9. The second-order valence-electron chi connectivity index (χ2n) is 7.24. The predicted molar refractivity (Wildman–Crippen MR) is 110 cm³/mol. The molecule has 0 aliphatic carbocycles. The minimum absolute atomic E-state index is 0.0114. The first-order valence-corrected chi connectivity index (χ1v) is 9.60. The number of hydrogen-bond acceptors (Lipinski definition) is 3. The Hall–Kier alpha value is -2.64. The van der Waals surface area contributed by atoms with Crippen LogP contribution < -0.4 is 5.73 Å². The highest BCUT2D eigenvalue weighted by molar-refractivity contribution is 5.82. The summed E-state index contributed by atoms with van der Waals surface area (Å²) in [7, 11) is 0. The Bertz CT molecular complexity index is 790. The van der Waals surface area contributed by atoms with Gasteiger partial charge in [-0.2, -0.15) is 5.26 Å². The smallest absolute Gasteiger partial charge is 0.240 e. The third-order valence-corrected chi connectivity index (χ3v) is 4.78. The molecule has 0 aliphatic rings. The molecule has 0 unspecified atom stereocenters. The maximum atomic E-state index is 12.7. The number of nitrogens with two attached hydrogens (primary N) is 1. The Kier molecular flexibility index (Phi) is 7.57. The largest absolute Gasteiger partial charge is 0.337 e. The number of carbonyl (C=O) groups is 1. The maximum Gasteiger partial charge on any atom is 0.240 e. The van der Waals surface area contributed by atoms with E-state index in [1.165, 1.54) is 0 Å². The predicted octanol–water partition coefficient (Wildman–Crippen LogP) is 4.34.